The summed E-state index contributed by atoms with van der Waals surface area (Å²) >= 11 is 6.45. The number of imidazole rings is 1. The molecule has 13 heteroatoms. The Morgan fingerprint density at radius 1 is 1.21 bits per heavy atom. The minimum Gasteiger partial charge on any atom is -0.341 e. The molecule has 0 atom stereocenters. The van der Waals surface area contributed by atoms with Crippen LogP contribution < -0.4 is 0 Å². The SMILES string of the molecule is C=NC(=NC1=C(C)N(C)C(=O)CN1Cc1ccc(-c2nc(C(F)(F)F)cn2C)cc1)c1c(Cl)cnn1C1CC1. The maximum Gasteiger partial charge on any atom is 0.434 e. The van der Waals surface area contributed by atoms with Gasteiger partial charge in [-0.15, -0.1) is 0 Å². The number of aryl methyl sites for hydroxylation is 1. The number of alkyl halides is 3. The molecule has 1 fully saturated rings. The summed E-state index contributed by atoms with van der Waals surface area (Å²) in [6.45, 7) is 5.89. The number of nitrogens with zero attached hydrogens (tertiary/aromatic N) is 8. The van der Waals surface area contributed by atoms with Gasteiger partial charge in [-0.2, -0.15) is 18.3 Å². The van der Waals surface area contributed by atoms with Crippen LogP contribution >= 0.6 is 11.6 Å². The maximum absolute atomic E-state index is 13.1. The molecule has 1 amide bonds. The Balaban J connectivity index is 1.45. The number of halogens is 4. The van der Waals surface area contributed by atoms with E-state index in [1.165, 1.54) is 16.5 Å². The summed E-state index contributed by atoms with van der Waals surface area (Å²) in [4.78, 5) is 28.8. The summed E-state index contributed by atoms with van der Waals surface area (Å²) in [5.74, 6) is 0.930. The first-order chi connectivity index (χ1) is 18.5. The average Bonchev–Trinajstić information content (AvgIpc) is 3.55. The molecule has 0 radical (unpaired) electrons. The summed E-state index contributed by atoms with van der Waals surface area (Å²) in [5, 5.41) is 4.79. The number of benzene rings is 1. The molecule has 0 spiro atoms. The van der Waals surface area contributed by atoms with Crippen LogP contribution in [0.4, 0.5) is 13.2 Å². The van der Waals surface area contributed by atoms with E-state index in [-0.39, 0.29) is 24.3 Å². The van der Waals surface area contributed by atoms with Gasteiger partial charge in [-0.1, -0.05) is 35.9 Å². The first-order valence-corrected chi connectivity index (χ1v) is 12.6. The number of amides is 1. The smallest absolute Gasteiger partial charge is 0.341 e. The van der Waals surface area contributed by atoms with E-state index in [1.807, 2.05) is 9.58 Å². The molecule has 0 unspecified atom stereocenters. The predicted octanol–water partition coefficient (Wildman–Crippen LogP) is 4.90. The van der Waals surface area contributed by atoms with Crippen LogP contribution in [0.5, 0.6) is 0 Å². The van der Waals surface area contributed by atoms with Crippen molar-refractivity contribution in [3.8, 4) is 11.4 Å². The van der Waals surface area contributed by atoms with Crippen LogP contribution in [0, 0.1) is 0 Å². The Bertz CT molecular complexity index is 1500. The molecule has 3 aromatic rings. The van der Waals surface area contributed by atoms with Gasteiger partial charge >= 0.3 is 6.18 Å². The van der Waals surface area contributed by atoms with Crippen LogP contribution in [0.3, 0.4) is 0 Å². The lowest BCUT2D eigenvalue weighted by atomic mass is 10.1. The fraction of sp³-hybridized carbons (Fsp3) is 0.346. The molecule has 3 heterocycles. The number of amidine groups is 1. The van der Waals surface area contributed by atoms with Crippen molar-refractivity contribution in [3.63, 3.8) is 0 Å². The minimum absolute atomic E-state index is 0.0722. The monoisotopic (exact) mass is 558 g/mol. The molecule has 1 aliphatic heterocycles. The zero-order valence-electron chi connectivity index (χ0n) is 21.6. The van der Waals surface area contributed by atoms with Crippen molar-refractivity contribution in [2.75, 3.05) is 13.6 Å². The summed E-state index contributed by atoms with van der Waals surface area (Å²) in [5.41, 5.74) is 1.63. The van der Waals surface area contributed by atoms with E-state index in [2.05, 4.69) is 21.8 Å². The minimum atomic E-state index is -4.52. The lowest BCUT2D eigenvalue weighted by Gasteiger charge is -2.35. The van der Waals surface area contributed by atoms with E-state index in [4.69, 9.17) is 16.6 Å². The summed E-state index contributed by atoms with van der Waals surface area (Å²) in [6.07, 6.45) is -0.0147. The van der Waals surface area contributed by atoms with Gasteiger partial charge in [0.05, 0.1) is 29.5 Å². The second-order valence-electron chi connectivity index (χ2n) is 9.58. The Morgan fingerprint density at radius 2 is 1.90 bits per heavy atom. The molecule has 0 N–H and O–H groups in total. The number of aromatic nitrogens is 4. The van der Waals surface area contributed by atoms with Crippen molar-refractivity contribution in [1.82, 2.24) is 29.1 Å². The van der Waals surface area contributed by atoms with E-state index in [0.29, 0.717) is 40.2 Å². The Labute approximate surface area is 227 Å². The highest BCUT2D eigenvalue weighted by atomic mass is 35.5. The highest BCUT2D eigenvalue weighted by molar-refractivity contribution is 6.34. The van der Waals surface area contributed by atoms with Crippen molar-refractivity contribution in [2.24, 2.45) is 17.0 Å². The summed E-state index contributed by atoms with van der Waals surface area (Å²) in [6, 6.07) is 7.25. The van der Waals surface area contributed by atoms with Gasteiger partial charge in [-0.25, -0.2) is 15.0 Å². The molecule has 2 aromatic heterocycles. The number of hydrogen-bond donors (Lipinski definition) is 0. The van der Waals surface area contributed by atoms with Crippen molar-refractivity contribution in [1.29, 1.82) is 0 Å². The van der Waals surface area contributed by atoms with Gasteiger partial charge in [0.25, 0.3) is 0 Å². The fourth-order valence-corrected chi connectivity index (χ4v) is 4.67. The van der Waals surface area contributed by atoms with Crippen molar-refractivity contribution in [3.05, 3.63) is 70.2 Å². The predicted molar refractivity (Wildman–Crippen MR) is 141 cm³/mol. The lowest BCUT2D eigenvalue weighted by Crippen LogP contribution is -2.43. The average molecular weight is 559 g/mol. The first-order valence-electron chi connectivity index (χ1n) is 12.2. The number of carbonyl (C=O) groups excluding carboxylic acids is 1. The van der Waals surface area contributed by atoms with Gasteiger partial charge in [0.2, 0.25) is 5.91 Å². The van der Waals surface area contributed by atoms with Gasteiger partial charge < -0.3 is 14.4 Å². The normalized spacial score (nSPS) is 16.9. The molecule has 1 aliphatic carbocycles. The van der Waals surface area contributed by atoms with Crippen molar-refractivity contribution >= 4 is 30.1 Å². The Kier molecular flexibility index (Phi) is 6.83. The second-order valence-corrected chi connectivity index (χ2v) is 9.99. The Hall–Kier alpha value is -3.93. The van der Waals surface area contributed by atoms with E-state index in [0.717, 1.165) is 24.6 Å². The molecule has 1 aromatic carbocycles. The molecule has 204 valence electrons. The molecular weight excluding hydrogens is 533 g/mol. The zero-order valence-corrected chi connectivity index (χ0v) is 22.3. The van der Waals surface area contributed by atoms with Crippen LogP contribution in [0.25, 0.3) is 11.4 Å². The van der Waals surface area contributed by atoms with Gasteiger partial charge in [0, 0.05) is 32.4 Å². The highest BCUT2D eigenvalue weighted by Crippen LogP contribution is 2.37. The third kappa shape index (κ3) is 5.20. The molecule has 9 nitrogen and oxygen atoms in total. The van der Waals surface area contributed by atoms with Crippen LogP contribution in [0.1, 0.15) is 42.8 Å². The molecular formula is C26H26ClF3N8O. The van der Waals surface area contributed by atoms with Gasteiger partial charge in [0.15, 0.2) is 17.4 Å². The molecule has 1 saturated carbocycles. The molecule has 2 aliphatic rings. The van der Waals surface area contributed by atoms with E-state index < -0.39 is 11.9 Å². The van der Waals surface area contributed by atoms with E-state index in [1.54, 1.807) is 44.4 Å². The van der Waals surface area contributed by atoms with Crippen LogP contribution in [0.2, 0.25) is 5.02 Å². The highest BCUT2D eigenvalue weighted by Gasteiger charge is 2.35. The molecule has 5 rings (SSSR count). The van der Waals surface area contributed by atoms with Crippen LogP contribution in [-0.4, -0.2) is 61.2 Å². The number of aliphatic imine (C=N–C) groups is 2. The van der Waals surface area contributed by atoms with Crippen LogP contribution in [0.15, 0.2) is 58.2 Å². The van der Waals surface area contributed by atoms with E-state index in [9.17, 15) is 18.0 Å². The van der Waals surface area contributed by atoms with Gasteiger partial charge in [-0.05, 0) is 32.0 Å². The standard InChI is InChI=1S/C26H26ClF3N8O/c1-15-24(34-23(31-2)22-19(27)11-32-38(22)18-9-10-18)37(14-21(39)36(15)4)12-16-5-7-17(8-6-16)25-33-20(13-35(25)3)26(28,29)30/h5-8,11,13,18H,2,9-10,12,14H2,1,3-4H3. The third-order valence-corrected chi connectivity index (χ3v) is 7.07. The second kappa shape index (κ2) is 9.99. The maximum atomic E-state index is 13.1. The molecule has 0 saturated heterocycles. The largest absolute Gasteiger partial charge is 0.434 e. The van der Waals surface area contributed by atoms with Crippen molar-refractivity contribution < 1.29 is 18.0 Å². The number of carbonyl (C=O) groups is 1. The Morgan fingerprint density at radius 3 is 2.49 bits per heavy atom. The topological polar surface area (TPSA) is 83.9 Å². The summed E-state index contributed by atoms with van der Waals surface area (Å²) in [7, 11) is 3.20. The van der Waals surface area contributed by atoms with Crippen molar-refractivity contribution in [2.45, 2.75) is 38.5 Å². The quantitative estimate of drug-likeness (QED) is 0.318. The molecule has 0 bridgehead atoms. The lowest BCUT2D eigenvalue weighted by molar-refractivity contribution is -0.141. The van der Waals surface area contributed by atoms with E-state index >= 15 is 0 Å². The van der Waals surface area contributed by atoms with Gasteiger partial charge in [0.1, 0.15) is 11.5 Å². The third-order valence-electron chi connectivity index (χ3n) is 6.80. The number of hydrogen-bond acceptors (Lipinski definition) is 5. The number of likely N-dealkylation sites (N-methyl/N-ethyl adjacent to an activating group) is 1. The number of rotatable bonds is 6. The first kappa shape index (κ1) is 26.7. The zero-order chi connectivity index (χ0) is 28.1. The summed E-state index contributed by atoms with van der Waals surface area (Å²) < 4.78 is 42.4. The van der Waals surface area contributed by atoms with Crippen LogP contribution in [-0.2, 0) is 24.6 Å². The van der Waals surface area contributed by atoms with Gasteiger partial charge in [-0.3, -0.25) is 9.48 Å². The fourth-order valence-electron chi connectivity index (χ4n) is 4.45. The number of allylic oxidation sites excluding steroid dienone is 1. The molecule has 39 heavy (non-hydrogen) atoms.